The van der Waals surface area contributed by atoms with Crippen LogP contribution in [0.25, 0.3) is 0 Å². The molecule has 0 radical (unpaired) electrons. The van der Waals surface area contributed by atoms with Crippen molar-refractivity contribution in [3.8, 4) is 0 Å². The molecule has 0 spiro atoms. The van der Waals surface area contributed by atoms with E-state index >= 15 is 0 Å². The van der Waals surface area contributed by atoms with Gasteiger partial charge in [-0.05, 0) is 41.0 Å². The number of Topliss-reactive ketones (excluding diaryl/α,β-unsaturated/α-hetero) is 2. The molecule has 1 aliphatic heterocycles. The number of allylic oxidation sites excluding steroid dienone is 4. The summed E-state index contributed by atoms with van der Waals surface area (Å²) in [5, 5.41) is 0. The van der Waals surface area contributed by atoms with E-state index < -0.39 is 0 Å². The van der Waals surface area contributed by atoms with Gasteiger partial charge in [0.25, 0.3) is 0 Å². The van der Waals surface area contributed by atoms with Crippen molar-refractivity contribution in [2.24, 2.45) is 5.92 Å². The van der Waals surface area contributed by atoms with E-state index in [1.54, 1.807) is 0 Å². The Balaban J connectivity index is 1.56. The van der Waals surface area contributed by atoms with Crippen molar-refractivity contribution in [3.63, 3.8) is 0 Å². The zero-order chi connectivity index (χ0) is 21.8. The van der Waals surface area contributed by atoms with Gasteiger partial charge in [0.15, 0.2) is 11.6 Å². The number of fused-ring (bicyclic) bond motifs is 2. The number of hydrogen-bond donors (Lipinski definition) is 0. The summed E-state index contributed by atoms with van der Waals surface area (Å²) >= 11 is 0. The highest BCUT2D eigenvalue weighted by atomic mass is 16.1. The summed E-state index contributed by atoms with van der Waals surface area (Å²) in [7, 11) is 0. The van der Waals surface area contributed by atoms with Gasteiger partial charge in [0.1, 0.15) is 0 Å². The van der Waals surface area contributed by atoms with Crippen LogP contribution in [-0.2, 0) is 5.41 Å². The van der Waals surface area contributed by atoms with E-state index in [4.69, 9.17) is 0 Å². The molecule has 7 rings (SSSR count). The minimum Gasteiger partial charge on any atom is -0.309 e. The van der Waals surface area contributed by atoms with Crippen molar-refractivity contribution in [2.75, 3.05) is 4.90 Å². The van der Waals surface area contributed by atoms with Crippen molar-refractivity contribution in [1.82, 2.24) is 0 Å². The molecule has 2 unspecified atom stereocenters. The Bertz CT molecular complexity index is 1410. The first kappa shape index (κ1) is 17.9. The summed E-state index contributed by atoms with van der Waals surface area (Å²) in [5.41, 5.74) is 8.45. The lowest BCUT2D eigenvalue weighted by atomic mass is 9.73. The van der Waals surface area contributed by atoms with Crippen LogP contribution in [0.5, 0.6) is 0 Å². The zero-order valence-electron chi connectivity index (χ0n) is 17.9. The molecule has 0 N–H and O–H groups in total. The maximum Gasteiger partial charge on any atom is 0.189 e. The van der Waals surface area contributed by atoms with Crippen LogP contribution in [0.1, 0.15) is 57.2 Å². The maximum atomic E-state index is 13.7. The Morgan fingerprint density at radius 2 is 1.47 bits per heavy atom. The van der Waals surface area contributed by atoms with Crippen LogP contribution in [-0.4, -0.2) is 11.6 Å². The number of rotatable bonds is 1. The summed E-state index contributed by atoms with van der Waals surface area (Å²) in [4.78, 5) is 29.0. The first-order valence-electron chi connectivity index (χ1n) is 11.1. The second kappa shape index (κ2) is 5.74. The fourth-order valence-electron chi connectivity index (χ4n) is 6.30. The molecule has 0 amide bonds. The van der Waals surface area contributed by atoms with Crippen LogP contribution in [0, 0.1) is 5.92 Å². The highest BCUT2D eigenvalue weighted by molar-refractivity contribution is 6.23. The molecule has 0 saturated carbocycles. The summed E-state index contributed by atoms with van der Waals surface area (Å²) in [6.07, 6.45) is 5.72. The van der Waals surface area contributed by atoms with Gasteiger partial charge >= 0.3 is 0 Å². The van der Waals surface area contributed by atoms with Gasteiger partial charge < -0.3 is 4.90 Å². The van der Waals surface area contributed by atoms with E-state index in [0.717, 1.165) is 28.2 Å². The smallest absolute Gasteiger partial charge is 0.189 e. The van der Waals surface area contributed by atoms with Crippen LogP contribution < -0.4 is 4.90 Å². The van der Waals surface area contributed by atoms with Gasteiger partial charge in [-0.15, -0.1) is 0 Å². The molecule has 3 aliphatic carbocycles. The second-order valence-corrected chi connectivity index (χ2v) is 9.62. The van der Waals surface area contributed by atoms with Crippen LogP contribution in [0.4, 0.5) is 17.1 Å². The van der Waals surface area contributed by atoms with Crippen molar-refractivity contribution in [2.45, 2.75) is 25.2 Å². The zero-order valence-corrected chi connectivity index (χ0v) is 17.9. The third kappa shape index (κ3) is 1.93. The van der Waals surface area contributed by atoms with E-state index in [-0.39, 0.29) is 28.8 Å². The molecule has 154 valence electrons. The lowest BCUT2D eigenvalue weighted by molar-refractivity contribution is 0.0950. The molecule has 1 heterocycles. The van der Waals surface area contributed by atoms with Crippen molar-refractivity contribution >= 4 is 28.6 Å². The van der Waals surface area contributed by atoms with Crippen LogP contribution in [0.2, 0.25) is 0 Å². The fourth-order valence-corrected chi connectivity index (χ4v) is 6.30. The standard InChI is InChI=1S/C29H21NO2/c1-29(2)19-10-3-5-12-21(19)30(22-13-6-4-11-20(22)29)23-15-14-18-25-24-16(27(18)31)8-7-9-17(24)28(32)26(23)25/h3-15,17,24H,1-2H3. The first-order valence-corrected chi connectivity index (χ1v) is 11.1. The number of anilines is 3. The molecule has 4 aliphatic rings. The van der Waals surface area contributed by atoms with Gasteiger partial charge in [-0.25, -0.2) is 0 Å². The third-order valence-electron chi connectivity index (χ3n) is 7.76. The Morgan fingerprint density at radius 1 is 0.812 bits per heavy atom. The summed E-state index contributed by atoms with van der Waals surface area (Å²) < 4.78 is 0. The number of para-hydroxylation sites is 2. The molecule has 3 aromatic rings. The minimum atomic E-state index is -0.275. The van der Waals surface area contributed by atoms with Crippen molar-refractivity contribution in [1.29, 1.82) is 0 Å². The Kier molecular flexibility index (Phi) is 3.21. The molecule has 3 nitrogen and oxygen atoms in total. The average molecular weight is 415 g/mol. The highest BCUT2D eigenvalue weighted by Crippen LogP contribution is 2.58. The van der Waals surface area contributed by atoms with Gasteiger partial charge in [0.2, 0.25) is 0 Å². The Morgan fingerprint density at radius 3 is 2.16 bits per heavy atom. The molecular formula is C29H21NO2. The van der Waals surface area contributed by atoms with Crippen LogP contribution in [0.3, 0.4) is 0 Å². The fraction of sp³-hybridized carbons (Fsp3) is 0.172. The molecular weight excluding hydrogens is 394 g/mol. The molecule has 3 heteroatoms. The highest BCUT2D eigenvalue weighted by Gasteiger charge is 2.51. The quantitative estimate of drug-likeness (QED) is 0.462. The monoisotopic (exact) mass is 415 g/mol. The lowest BCUT2D eigenvalue weighted by Crippen LogP contribution is -2.31. The predicted octanol–water partition coefficient (Wildman–Crippen LogP) is 6.38. The molecule has 0 saturated heterocycles. The molecule has 0 fully saturated rings. The average Bonchev–Trinajstić information content (AvgIpc) is 3.28. The van der Waals surface area contributed by atoms with Crippen molar-refractivity contribution < 1.29 is 9.59 Å². The lowest BCUT2D eigenvalue weighted by Gasteiger charge is -2.42. The van der Waals surface area contributed by atoms with Crippen molar-refractivity contribution in [3.05, 3.63) is 112 Å². The number of carbonyl (C=O) groups excluding carboxylic acids is 2. The van der Waals surface area contributed by atoms with Gasteiger partial charge in [-0.2, -0.15) is 0 Å². The summed E-state index contributed by atoms with van der Waals surface area (Å²) in [5.74, 6) is -0.212. The van der Waals surface area contributed by atoms with E-state index in [0.29, 0.717) is 11.1 Å². The van der Waals surface area contributed by atoms with Crippen LogP contribution in [0.15, 0.2) is 84.5 Å². The number of carbonyl (C=O) groups is 2. The topological polar surface area (TPSA) is 37.4 Å². The molecule has 3 aromatic carbocycles. The maximum absolute atomic E-state index is 13.7. The predicted molar refractivity (Wildman–Crippen MR) is 125 cm³/mol. The van der Waals surface area contributed by atoms with Gasteiger partial charge in [0, 0.05) is 28.0 Å². The van der Waals surface area contributed by atoms with E-state index in [9.17, 15) is 9.59 Å². The SMILES string of the molecule is CC1(C)c2ccccc2N(c2ccc3c4c2C(=O)C2C=CC=C(C3=O)C42)c2ccccc21. The normalized spacial score (nSPS) is 23.1. The van der Waals surface area contributed by atoms with Gasteiger partial charge in [-0.3, -0.25) is 9.59 Å². The molecule has 0 aromatic heterocycles. The van der Waals surface area contributed by atoms with Gasteiger partial charge in [-0.1, -0.05) is 68.5 Å². The second-order valence-electron chi connectivity index (χ2n) is 9.62. The van der Waals surface area contributed by atoms with Crippen LogP contribution >= 0.6 is 0 Å². The van der Waals surface area contributed by atoms with E-state index in [2.05, 4.69) is 67.3 Å². The molecule has 0 bridgehead atoms. The summed E-state index contributed by atoms with van der Waals surface area (Å²) in [6.45, 7) is 4.51. The molecule has 32 heavy (non-hydrogen) atoms. The number of nitrogens with zero attached hydrogens (tertiary/aromatic N) is 1. The van der Waals surface area contributed by atoms with E-state index in [1.807, 2.05) is 30.4 Å². The minimum absolute atomic E-state index is 0.0697. The first-order chi connectivity index (χ1) is 15.5. The van der Waals surface area contributed by atoms with E-state index in [1.165, 1.54) is 11.1 Å². The Labute approximate surface area is 186 Å². The summed E-state index contributed by atoms with van der Waals surface area (Å²) in [6, 6.07) is 20.8. The number of benzene rings is 3. The Hall–Kier alpha value is -3.72. The van der Waals surface area contributed by atoms with Gasteiger partial charge in [0.05, 0.1) is 23.0 Å². The molecule has 2 atom stereocenters. The largest absolute Gasteiger partial charge is 0.309 e. The number of ketones is 2. The third-order valence-corrected chi connectivity index (χ3v) is 7.76. The number of hydrogen-bond acceptors (Lipinski definition) is 3.